The first-order valence-corrected chi connectivity index (χ1v) is 8.79. The number of anilines is 1. The van der Waals surface area contributed by atoms with E-state index in [9.17, 15) is 14.4 Å². The highest BCUT2D eigenvalue weighted by molar-refractivity contribution is 6.35. The predicted octanol–water partition coefficient (Wildman–Crippen LogP) is 3.52. The quantitative estimate of drug-likeness (QED) is 0.677. The second-order valence-electron chi connectivity index (χ2n) is 5.95. The molecule has 2 rings (SSSR count). The minimum atomic E-state index is -0.940. The Kier molecular flexibility index (Phi) is 7.27. The lowest BCUT2D eigenvalue weighted by Crippen LogP contribution is -2.45. The lowest BCUT2D eigenvalue weighted by atomic mass is 10.0. The van der Waals surface area contributed by atoms with Crippen LogP contribution in [0.15, 0.2) is 41.0 Å². The molecule has 2 aromatic rings. The molecule has 0 radical (unpaired) electrons. The summed E-state index contributed by atoms with van der Waals surface area (Å²) in [7, 11) is 0. The number of nitrogens with one attached hydrogen (secondary N) is 2. The topological polar surface area (TPSA) is 97.6 Å². The molecular formula is C18H18Cl2N2O5. The van der Waals surface area contributed by atoms with Crippen molar-refractivity contribution in [2.75, 3.05) is 11.9 Å². The zero-order chi connectivity index (χ0) is 20.0. The Balaban J connectivity index is 1.92. The van der Waals surface area contributed by atoms with E-state index in [1.54, 1.807) is 26.0 Å². The fraction of sp³-hybridized carbons (Fsp3) is 0.278. The number of esters is 1. The Morgan fingerprint density at radius 2 is 1.93 bits per heavy atom. The second kappa shape index (κ2) is 9.43. The molecule has 0 bridgehead atoms. The molecular weight excluding hydrogens is 395 g/mol. The molecule has 0 saturated heterocycles. The molecule has 0 aliphatic rings. The summed E-state index contributed by atoms with van der Waals surface area (Å²) in [4.78, 5) is 36.3. The van der Waals surface area contributed by atoms with Gasteiger partial charge in [0.15, 0.2) is 12.4 Å². The molecule has 0 saturated carbocycles. The lowest BCUT2D eigenvalue weighted by molar-refractivity contribution is -0.150. The SMILES string of the molecule is CC(C)C(NC(=O)c1ccco1)C(=O)OCC(=O)Nc1cc(Cl)ccc1Cl. The average molecular weight is 413 g/mol. The van der Waals surface area contributed by atoms with E-state index in [1.807, 2.05) is 0 Å². The molecule has 1 aromatic heterocycles. The van der Waals surface area contributed by atoms with Gasteiger partial charge in [-0.25, -0.2) is 4.79 Å². The highest BCUT2D eigenvalue weighted by atomic mass is 35.5. The number of furan rings is 1. The van der Waals surface area contributed by atoms with Gasteiger partial charge in [-0.2, -0.15) is 0 Å². The molecule has 7 nitrogen and oxygen atoms in total. The molecule has 2 amide bonds. The van der Waals surface area contributed by atoms with Gasteiger partial charge in [-0.05, 0) is 36.2 Å². The number of amides is 2. The molecule has 0 aliphatic carbocycles. The Labute approximate surface area is 166 Å². The standard InChI is InChI=1S/C18H18Cl2N2O5/c1-10(2)16(22-17(24)14-4-3-7-26-14)18(25)27-9-15(23)21-13-8-11(19)5-6-12(13)20/h3-8,10,16H,9H2,1-2H3,(H,21,23)(H,22,24). The van der Waals surface area contributed by atoms with Crippen molar-refractivity contribution in [3.05, 3.63) is 52.4 Å². The van der Waals surface area contributed by atoms with Crippen molar-refractivity contribution in [3.8, 4) is 0 Å². The van der Waals surface area contributed by atoms with E-state index >= 15 is 0 Å². The molecule has 1 atom stereocenters. The minimum absolute atomic E-state index is 0.0711. The summed E-state index contributed by atoms with van der Waals surface area (Å²) in [6.07, 6.45) is 1.35. The van der Waals surface area contributed by atoms with Crippen LogP contribution in [-0.2, 0) is 14.3 Å². The van der Waals surface area contributed by atoms with Gasteiger partial charge in [-0.1, -0.05) is 37.0 Å². The third-order valence-corrected chi connectivity index (χ3v) is 4.06. The van der Waals surface area contributed by atoms with E-state index in [0.717, 1.165) is 0 Å². The Bertz CT molecular complexity index is 821. The molecule has 9 heteroatoms. The normalized spacial score (nSPS) is 11.7. The van der Waals surface area contributed by atoms with Crippen LogP contribution in [0.25, 0.3) is 0 Å². The number of carbonyl (C=O) groups is 3. The molecule has 0 spiro atoms. The maximum atomic E-state index is 12.3. The van der Waals surface area contributed by atoms with Crippen molar-refractivity contribution >= 4 is 46.7 Å². The second-order valence-corrected chi connectivity index (χ2v) is 6.80. The van der Waals surface area contributed by atoms with Gasteiger partial charge in [0.2, 0.25) is 0 Å². The summed E-state index contributed by atoms with van der Waals surface area (Å²) >= 11 is 11.8. The molecule has 1 unspecified atom stereocenters. The van der Waals surface area contributed by atoms with Gasteiger partial charge in [0.1, 0.15) is 6.04 Å². The first kappa shape index (κ1) is 20.8. The Morgan fingerprint density at radius 1 is 1.19 bits per heavy atom. The van der Waals surface area contributed by atoms with E-state index in [-0.39, 0.29) is 11.7 Å². The third kappa shape index (κ3) is 6.01. The largest absolute Gasteiger partial charge is 0.459 e. The zero-order valence-corrected chi connectivity index (χ0v) is 16.1. The lowest BCUT2D eigenvalue weighted by Gasteiger charge is -2.20. The Hall–Kier alpha value is -2.51. The molecule has 144 valence electrons. The van der Waals surface area contributed by atoms with Gasteiger partial charge in [0.25, 0.3) is 11.8 Å². The minimum Gasteiger partial charge on any atom is -0.459 e. The van der Waals surface area contributed by atoms with Crippen LogP contribution in [0.4, 0.5) is 5.69 Å². The number of carbonyl (C=O) groups excluding carboxylic acids is 3. The number of hydrogen-bond acceptors (Lipinski definition) is 5. The number of hydrogen-bond donors (Lipinski definition) is 2. The van der Waals surface area contributed by atoms with Crippen LogP contribution in [0.2, 0.25) is 10.0 Å². The van der Waals surface area contributed by atoms with Crippen LogP contribution in [0, 0.1) is 5.92 Å². The molecule has 2 N–H and O–H groups in total. The fourth-order valence-corrected chi connectivity index (χ4v) is 2.46. The first-order valence-electron chi connectivity index (χ1n) is 8.04. The maximum absolute atomic E-state index is 12.3. The van der Waals surface area contributed by atoms with Crippen LogP contribution >= 0.6 is 23.2 Å². The molecule has 1 heterocycles. The van der Waals surface area contributed by atoms with E-state index < -0.39 is 30.4 Å². The van der Waals surface area contributed by atoms with Gasteiger partial charge in [0, 0.05) is 5.02 Å². The molecule has 0 fully saturated rings. The van der Waals surface area contributed by atoms with Crippen LogP contribution in [0.5, 0.6) is 0 Å². The van der Waals surface area contributed by atoms with Gasteiger partial charge in [0.05, 0.1) is 17.0 Å². The molecule has 1 aromatic carbocycles. The van der Waals surface area contributed by atoms with Crippen molar-refractivity contribution in [2.24, 2.45) is 5.92 Å². The Morgan fingerprint density at radius 3 is 2.56 bits per heavy atom. The molecule has 0 aliphatic heterocycles. The van der Waals surface area contributed by atoms with E-state index in [0.29, 0.717) is 15.7 Å². The highest BCUT2D eigenvalue weighted by Crippen LogP contribution is 2.25. The van der Waals surface area contributed by atoms with Gasteiger partial charge in [-0.3, -0.25) is 9.59 Å². The van der Waals surface area contributed by atoms with Crippen molar-refractivity contribution in [2.45, 2.75) is 19.9 Å². The summed E-state index contributed by atoms with van der Waals surface area (Å²) in [5.74, 6) is -2.07. The first-order chi connectivity index (χ1) is 12.8. The van der Waals surface area contributed by atoms with Crippen LogP contribution in [0.3, 0.4) is 0 Å². The zero-order valence-electron chi connectivity index (χ0n) is 14.6. The third-order valence-electron chi connectivity index (χ3n) is 3.50. The fourth-order valence-electron chi connectivity index (χ4n) is 2.12. The number of ether oxygens (including phenoxy) is 1. The predicted molar refractivity (Wildman–Crippen MR) is 101 cm³/mol. The van der Waals surface area contributed by atoms with Crippen LogP contribution < -0.4 is 10.6 Å². The summed E-state index contributed by atoms with van der Waals surface area (Å²) in [6.45, 7) is 2.93. The number of rotatable bonds is 7. The van der Waals surface area contributed by atoms with Gasteiger partial charge < -0.3 is 19.8 Å². The van der Waals surface area contributed by atoms with E-state index in [1.165, 1.54) is 24.5 Å². The van der Waals surface area contributed by atoms with Crippen molar-refractivity contribution in [1.29, 1.82) is 0 Å². The number of benzene rings is 1. The van der Waals surface area contributed by atoms with Crippen LogP contribution in [0.1, 0.15) is 24.4 Å². The average Bonchev–Trinajstić information content (AvgIpc) is 3.15. The monoisotopic (exact) mass is 412 g/mol. The van der Waals surface area contributed by atoms with Gasteiger partial charge in [-0.15, -0.1) is 0 Å². The highest BCUT2D eigenvalue weighted by Gasteiger charge is 2.27. The van der Waals surface area contributed by atoms with E-state index in [4.69, 9.17) is 32.4 Å². The van der Waals surface area contributed by atoms with Gasteiger partial charge >= 0.3 is 5.97 Å². The summed E-state index contributed by atoms with van der Waals surface area (Å²) < 4.78 is 10.0. The van der Waals surface area contributed by atoms with Crippen LogP contribution in [-0.4, -0.2) is 30.4 Å². The van der Waals surface area contributed by atoms with Crippen molar-refractivity contribution in [1.82, 2.24) is 5.32 Å². The summed E-state index contributed by atoms with van der Waals surface area (Å²) in [5, 5.41) is 5.73. The maximum Gasteiger partial charge on any atom is 0.329 e. The summed E-state index contributed by atoms with van der Waals surface area (Å²) in [6, 6.07) is 6.68. The van der Waals surface area contributed by atoms with Crippen molar-refractivity contribution in [3.63, 3.8) is 0 Å². The molecule has 27 heavy (non-hydrogen) atoms. The smallest absolute Gasteiger partial charge is 0.329 e. The number of halogens is 2. The summed E-state index contributed by atoms with van der Waals surface area (Å²) in [5.41, 5.74) is 0.303. The van der Waals surface area contributed by atoms with E-state index in [2.05, 4.69) is 10.6 Å². The van der Waals surface area contributed by atoms with Crippen molar-refractivity contribution < 1.29 is 23.5 Å².